The number of anilines is 1. The van der Waals surface area contributed by atoms with Gasteiger partial charge in [-0.3, -0.25) is 0 Å². The highest BCUT2D eigenvalue weighted by molar-refractivity contribution is 5.87. The van der Waals surface area contributed by atoms with Crippen LogP contribution in [0, 0.1) is 5.82 Å². The summed E-state index contributed by atoms with van der Waals surface area (Å²) in [5.74, 6) is -1.60. The Morgan fingerprint density at radius 2 is 1.88 bits per heavy atom. The molecule has 1 heterocycles. The van der Waals surface area contributed by atoms with E-state index in [4.69, 9.17) is 10.8 Å². The van der Waals surface area contributed by atoms with Gasteiger partial charge in [0.05, 0.1) is 0 Å². The molecule has 17 heavy (non-hydrogen) atoms. The van der Waals surface area contributed by atoms with E-state index in [1.807, 2.05) is 0 Å². The number of hydrogen-bond donors (Lipinski definition) is 2. The number of nitrogens with two attached hydrogens (primary N) is 1. The molecule has 86 valence electrons. The van der Waals surface area contributed by atoms with Crippen LogP contribution in [0.1, 0.15) is 10.5 Å². The van der Waals surface area contributed by atoms with Crippen LogP contribution in [0.5, 0.6) is 0 Å². The Balaban J connectivity index is 2.55. The van der Waals surface area contributed by atoms with Gasteiger partial charge in [-0.05, 0) is 18.2 Å². The van der Waals surface area contributed by atoms with Crippen LogP contribution in [0.3, 0.4) is 0 Å². The van der Waals surface area contributed by atoms with Gasteiger partial charge in [-0.15, -0.1) is 0 Å². The fourth-order valence-corrected chi connectivity index (χ4v) is 1.50. The van der Waals surface area contributed by atoms with Crippen LogP contribution in [0.2, 0.25) is 0 Å². The van der Waals surface area contributed by atoms with Crippen molar-refractivity contribution in [3.8, 4) is 11.1 Å². The third kappa shape index (κ3) is 2.08. The van der Waals surface area contributed by atoms with Crippen LogP contribution in [0.25, 0.3) is 11.1 Å². The van der Waals surface area contributed by atoms with Crippen molar-refractivity contribution in [2.75, 3.05) is 5.73 Å². The number of hydrogen-bond acceptors (Lipinski definition) is 3. The van der Waals surface area contributed by atoms with Gasteiger partial charge in [0.1, 0.15) is 11.6 Å². The van der Waals surface area contributed by atoms with Crippen molar-refractivity contribution in [3.63, 3.8) is 0 Å². The highest BCUT2D eigenvalue weighted by atomic mass is 19.1. The van der Waals surface area contributed by atoms with Crippen LogP contribution < -0.4 is 5.73 Å². The largest absolute Gasteiger partial charge is 0.477 e. The second-order valence-corrected chi connectivity index (χ2v) is 3.41. The zero-order chi connectivity index (χ0) is 12.4. The molecule has 0 radical (unpaired) electrons. The van der Waals surface area contributed by atoms with Gasteiger partial charge in [-0.25, -0.2) is 14.2 Å². The molecule has 0 aliphatic heterocycles. The molecule has 4 nitrogen and oxygen atoms in total. The van der Waals surface area contributed by atoms with E-state index in [0.29, 0.717) is 11.1 Å². The first kappa shape index (κ1) is 11.1. The lowest BCUT2D eigenvalue weighted by molar-refractivity contribution is 0.0690. The average Bonchev–Trinajstić information content (AvgIpc) is 2.30. The van der Waals surface area contributed by atoms with Crippen LogP contribution in [0.4, 0.5) is 10.2 Å². The molecule has 5 heteroatoms. The summed E-state index contributed by atoms with van der Waals surface area (Å²) < 4.78 is 13.5. The molecule has 0 saturated carbocycles. The maximum atomic E-state index is 13.5. The molecule has 0 spiro atoms. The summed E-state index contributed by atoms with van der Waals surface area (Å²) >= 11 is 0. The monoisotopic (exact) mass is 232 g/mol. The zero-order valence-electron chi connectivity index (χ0n) is 8.72. The molecule has 0 amide bonds. The molecule has 0 aliphatic rings. The van der Waals surface area contributed by atoms with Crippen LogP contribution in [-0.4, -0.2) is 16.1 Å². The van der Waals surface area contributed by atoms with Gasteiger partial charge < -0.3 is 10.8 Å². The van der Waals surface area contributed by atoms with Crippen molar-refractivity contribution in [2.45, 2.75) is 0 Å². The molecule has 0 aliphatic carbocycles. The molecular formula is C12H9FN2O2. The van der Waals surface area contributed by atoms with Crippen LogP contribution in [-0.2, 0) is 0 Å². The lowest BCUT2D eigenvalue weighted by Crippen LogP contribution is -2.04. The Kier molecular flexibility index (Phi) is 2.74. The van der Waals surface area contributed by atoms with Gasteiger partial charge in [0.25, 0.3) is 0 Å². The minimum atomic E-state index is -1.17. The first-order valence-electron chi connectivity index (χ1n) is 4.84. The van der Waals surface area contributed by atoms with E-state index < -0.39 is 11.8 Å². The fraction of sp³-hybridized carbons (Fsp3) is 0. The number of carbonyl (C=O) groups is 1. The predicted molar refractivity (Wildman–Crippen MR) is 61.0 cm³/mol. The summed E-state index contributed by atoms with van der Waals surface area (Å²) in [6.45, 7) is 0. The third-order valence-corrected chi connectivity index (χ3v) is 2.31. The Labute approximate surface area is 96.5 Å². The van der Waals surface area contributed by atoms with E-state index >= 15 is 0 Å². The average molecular weight is 232 g/mol. The summed E-state index contributed by atoms with van der Waals surface area (Å²) in [4.78, 5) is 14.4. The molecule has 2 aromatic rings. The van der Waals surface area contributed by atoms with Crippen molar-refractivity contribution < 1.29 is 14.3 Å². The smallest absolute Gasteiger partial charge is 0.354 e. The van der Waals surface area contributed by atoms with E-state index in [2.05, 4.69) is 4.98 Å². The highest BCUT2D eigenvalue weighted by Crippen LogP contribution is 2.26. The standard InChI is InChI=1S/C12H9FN2O2/c13-9-4-2-1-3-7(9)8-5-6-10(12(16)17)15-11(8)14/h1-6H,(H2,14,15)(H,16,17). The SMILES string of the molecule is Nc1nc(C(=O)O)ccc1-c1ccccc1F. The second kappa shape index (κ2) is 4.21. The van der Waals surface area contributed by atoms with Crippen molar-refractivity contribution in [1.29, 1.82) is 0 Å². The topological polar surface area (TPSA) is 76.2 Å². The zero-order valence-corrected chi connectivity index (χ0v) is 8.72. The number of benzene rings is 1. The second-order valence-electron chi connectivity index (χ2n) is 3.41. The van der Waals surface area contributed by atoms with Gasteiger partial charge in [0.2, 0.25) is 0 Å². The Morgan fingerprint density at radius 3 is 2.47 bits per heavy atom. The minimum absolute atomic E-state index is 0.00463. The summed E-state index contributed by atoms with van der Waals surface area (Å²) in [5, 5.41) is 8.73. The highest BCUT2D eigenvalue weighted by Gasteiger charge is 2.11. The van der Waals surface area contributed by atoms with Crippen molar-refractivity contribution in [3.05, 3.63) is 47.9 Å². The van der Waals surface area contributed by atoms with Crippen molar-refractivity contribution >= 4 is 11.8 Å². The molecule has 0 fully saturated rings. The summed E-state index contributed by atoms with van der Waals surface area (Å²) in [5.41, 5.74) is 6.14. The molecule has 0 unspecified atom stereocenters. The number of aromatic nitrogens is 1. The first-order chi connectivity index (χ1) is 8.09. The number of aromatic carboxylic acids is 1. The first-order valence-corrected chi connectivity index (χ1v) is 4.84. The molecular weight excluding hydrogens is 223 g/mol. The van der Waals surface area contributed by atoms with Crippen LogP contribution >= 0.6 is 0 Å². The Hall–Kier alpha value is -2.43. The van der Waals surface area contributed by atoms with E-state index in [9.17, 15) is 9.18 Å². The predicted octanol–water partition coefficient (Wildman–Crippen LogP) is 2.17. The maximum absolute atomic E-state index is 13.5. The van der Waals surface area contributed by atoms with Gasteiger partial charge >= 0.3 is 5.97 Å². The Bertz CT molecular complexity index is 584. The number of halogens is 1. The van der Waals surface area contributed by atoms with Gasteiger partial charge in [0, 0.05) is 11.1 Å². The van der Waals surface area contributed by atoms with Crippen LogP contribution in [0.15, 0.2) is 36.4 Å². The molecule has 0 bridgehead atoms. The minimum Gasteiger partial charge on any atom is -0.477 e. The lowest BCUT2D eigenvalue weighted by Gasteiger charge is -2.06. The third-order valence-electron chi connectivity index (χ3n) is 2.31. The van der Waals surface area contributed by atoms with E-state index in [0.717, 1.165) is 0 Å². The molecule has 2 rings (SSSR count). The molecule has 1 aromatic carbocycles. The van der Waals surface area contributed by atoms with Crippen molar-refractivity contribution in [2.24, 2.45) is 0 Å². The number of carboxylic acids is 1. The number of nitrogen functional groups attached to an aromatic ring is 1. The van der Waals surface area contributed by atoms with Gasteiger partial charge in [-0.2, -0.15) is 0 Å². The van der Waals surface area contributed by atoms with Crippen molar-refractivity contribution in [1.82, 2.24) is 4.98 Å². The van der Waals surface area contributed by atoms with Gasteiger partial charge in [-0.1, -0.05) is 18.2 Å². The number of rotatable bonds is 2. The summed E-state index contributed by atoms with van der Waals surface area (Å²) in [7, 11) is 0. The summed E-state index contributed by atoms with van der Waals surface area (Å²) in [6.07, 6.45) is 0. The molecule has 1 aromatic heterocycles. The van der Waals surface area contributed by atoms with E-state index in [1.54, 1.807) is 18.2 Å². The quantitative estimate of drug-likeness (QED) is 0.831. The number of nitrogens with zero attached hydrogens (tertiary/aromatic N) is 1. The maximum Gasteiger partial charge on any atom is 0.354 e. The van der Waals surface area contributed by atoms with E-state index in [1.165, 1.54) is 18.2 Å². The fourth-order valence-electron chi connectivity index (χ4n) is 1.50. The van der Waals surface area contributed by atoms with Gasteiger partial charge in [0.15, 0.2) is 5.69 Å². The number of carboxylic acid groups (broad SMARTS) is 1. The Morgan fingerprint density at radius 1 is 1.18 bits per heavy atom. The van der Waals surface area contributed by atoms with E-state index in [-0.39, 0.29) is 11.5 Å². The molecule has 0 saturated heterocycles. The summed E-state index contributed by atoms with van der Waals surface area (Å²) in [6, 6.07) is 8.84. The lowest BCUT2D eigenvalue weighted by atomic mass is 10.1. The molecule has 3 N–H and O–H groups in total. The normalized spacial score (nSPS) is 10.2. The molecule has 0 atom stereocenters. The number of pyridine rings is 1.